The molecular formula is C20H23NOS. The van der Waals surface area contributed by atoms with Crippen LogP contribution in [0.1, 0.15) is 35.8 Å². The van der Waals surface area contributed by atoms with Gasteiger partial charge in [-0.25, -0.2) is 0 Å². The first-order chi connectivity index (χ1) is 11.1. The van der Waals surface area contributed by atoms with Crippen LogP contribution in [0, 0.1) is 12.8 Å². The molecule has 2 aromatic rings. The Bertz CT molecular complexity index is 702. The van der Waals surface area contributed by atoms with Crippen LogP contribution in [0.25, 0.3) is 11.6 Å². The lowest BCUT2D eigenvalue weighted by atomic mass is 9.98. The monoisotopic (exact) mass is 325 g/mol. The van der Waals surface area contributed by atoms with Crippen LogP contribution in [0.3, 0.4) is 0 Å². The third-order valence-corrected chi connectivity index (χ3v) is 5.22. The SMILES string of the molecule is Cc1cccc(C=C(C(=O)N2CCCC(C)C2)c2cccs2)c1. The minimum absolute atomic E-state index is 0.167. The number of hydrogen-bond donors (Lipinski definition) is 0. The zero-order valence-corrected chi connectivity index (χ0v) is 14.6. The Labute approximate surface area is 142 Å². The van der Waals surface area contributed by atoms with Crippen molar-refractivity contribution in [3.8, 4) is 0 Å². The molecule has 0 spiro atoms. The van der Waals surface area contributed by atoms with Gasteiger partial charge in [0.25, 0.3) is 5.91 Å². The van der Waals surface area contributed by atoms with Crippen LogP contribution in [0.4, 0.5) is 0 Å². The fraction of sp³-hybridized carbons (Fsp3) is 0.350. The molecule has 1 saturated heterocycles. The Morgan fingerprint density at radius 1 is 1.30 bits per heavy atom. The number of benzene rings is 1. The molecule has 0 radical (unpaired) electrons. The van der Waals surface area contributed by atoms with Crippen molar-refractivity contribution < 1.29 is 4.79 Å². The maximum atomic E-state index is 13.1. The summed E-state index contributed by atoms with van der Waals surface area (Å²) < 4.78 is 0. The molecule has 1 aliphatic heterocycles. The molecular weight excluding hydrogens is 302 g/mol. The van der Waals surface area contributed by atoms with Crippen LogP contribution < -0.4 is 0 Å². The first-order valence-electron chi connectivity index (χ1n) is 8.25. The van der Waals surface area contributed by atoms with Crippen molar-refractivity contribution in [2.24, 2.45) is 5.92 Å². The zero-order chi connectivity index (χ0) is 16.2. The highest BCUT2D eigenvalue weighted by atomic mass is 32.1. The summed E-state index contributed by atoms with van der Waals surface area (Å²) in [6.45, 7) is 6.06. The lowest BCUT2D eigenvalue weighted by Crippen LogP contribution is -2.39. The molecule has 2 nitrogen and oxygen atoms in total. The summed E-state index contributed by atoms with van der Waals surface area (Å²) in [6, 6.07) is 12.4. The molecule has 23 heavy (non-hydrogen) atoms. The van der Waals surface area contributed by atoms with E-state index in [0.29, 0.717) is 5.92 Å². The van der Waals surface area contributed by atoms with Crippen molar-refractivity contribution in [3.05, 3.63) is 57.8 Å². The van der Waals surface area contributed by atoms with Crippen molar-refractivity contribution in [1.29, 1.82) is 0 Å². The largest absolute Gasteiger partial charge is 0.338 e. The summed E-state index contributed by atoms with van der Waals surface area (Å²) in [6.07, 6.45) is 4.37. The van der Waals surface area contributed by atoms with Crippen LogP contribution in [-0.2, 0) is 4.79 Å². The van der Waals surface area contributed by atoms with Crippen LogP contribution in [0.2, 0.25) is 0 Å². The number of carbonyl (C=O) groups is 1. The molecule has 1 aromatic heterocycles. The molecule has 1 aliphatic rings. The molecule has 120 valence electrons. The van der Waals surface area contributed by atoms with Crippen molar-refractivity contribution >= 4 is 28.9 Å². The van der Waals surface area contributed by atoms with Crippen LogP contribution in [-0.4, -0.2) is 23.9 Å². The molecule has 3 heteroatoms. The van der Waals surface area contributed by atoms with Crippen LogP contribution >= 0.6 is 11.3 Å². The average Bonchev–Trinajstić information content (AvgIpc) is 3.06. The highest BCUT2D eigenvalue weighted by Gasteiger charge is 2.24. The van der Waals surface area contributed by atoms with E-state index in [0.717, 1.165) is 35.5 Å². The van der Waals surface area contributed by atoms with Gasteiger partial charge in [-0.3, -0.25) is 4.79 Å². The molecule has 0 aliphatic carbocycles. The Morgan fingerprint density at radius 3 is 2.87 bits per heavy atom. The number of amides is 1. The van der Waals surface area contributed by atoms with Gasteiger partial charge in [0, 0.05) is 18.0 Å². The Kier molecular flexibility index (Phi) is 4.97. The van der Waals surface area contributed by atoms with Crippen molar-refractivity contribution in [2.75, 3.05) is 13.1 Å². The minimum Gasteiger partial charge on any atom is -0.338 e. The highest BCUT2D eigenvalue weighted by molar-refractivity contribution is 7.11. The Balaban J connectivity index is 1.94. The van der Waals surface area contributed by atoms with Crippen LogP contribution in [0.15, 0.2) is 41.8 Å². The van der Waals surface area contributed by atoms with E-state index in [1.54, 1.807) is 11.3 Å². The number of hydrogen-bond acceptors (Lipinski definition) is 2. The van der Waals surface area contributed by atoms with Gasteiger partial charge in [0.2, 0.25) is 0 Å². The van der Waals surface area contributed by atoms with Gasteiger partial charge in [0.05, 0.1) is 5.57 Å². The van der Waals surface area contributed by atoms with Gasteiger partial charge in [-0.2, -0.15) is 0 Å². The third kappa shape index (κ3) is 3.91. The number of carbonyl (C=O) groups excluding carboxylic acids is 1. The van der Waals surface area contributed by atoms with E-state index in [4.69, 9.17) is 0 Å². The number of thiophene rings is 1. The third-order valence-electron chi connectivity index (χ3n) is 4.31. The lowest BCUT2D eigenvalue weighted by Gasteiger charge is -2.31. The summed E-state index contributed by atoms with van der Waals surface area (Å²) in [5, 5.41) is 2.03. The van der Waals surface area contributed by atoms with Gasteiger partial charge < -0.3 is 4.90 Å². The molecule has 1 aromatic carbocycles. The van der Waals surface area contributed by atoms with Gasteiger partial charge in [-0.1, -0.05) is 42.8 Å². The normalized spacial score (nSPS) is 19.0. The standard InChI is InChI=1S/C20H23NOS/c1-15-6-3-8-17(12-15)13-18(19-9-5-11-23-19)20(22)21-10-4-7-16(2)14-21/h3,5-6,8-9,11-13,16H,4,7,10,14H2,1-2H3. The second-order valence-electron chi connectivity index (χ2n) is 6.45. The predicted octanol–water partition coefficient (Wildman–Crippen LogP) is 4.86. The molecule has 0 N–H and O–H groups in total. The fourth-order valence-electron chi connectivity index (χ4n) is 3.14. The number of aryl methyl sites for hydroxylation is 1. The summed E-state index contributed by atoms with van der Waals surface area (Å²) in [5.41, 5.74) is 3.12. The van der Waals surface area contributed by atoms with E-state index in [1.807, 2.05) is 34.6 Å². The summed E-state index contributed by atoms with van der Waals surface area (Å²) in [4.78, 5) is 16.2. The van der Waals surface area contributed by atoms with Gasteiger partial charge in [-0.15, -0.1) is 11.3 Å². The van der Waals surface area contributed by atoms with Crippen molar-refractivity contribution in [2.45, 2.75) is 26.7 Å². The number of rotatable bonds is 3. The van der Waals surface area contributed by atoms with E-state index in [9.17, 15) is 4.79 Å². The number of piperidine rings is 1. The van der Waals surface area contributed by atoms with Crippen molar-refractivity contribution in [1.82, 2.24) is 4.90 Å². The molecule has 2 heterocycles. The van der Waals surface area contributed by atoms with E-state index in [1.165, 1.54) is 12.0 Å². The topological polar surface area (TPSA) is 20.3 Å². The molecule has 3 rings (SSSR count). The predicted molar refractivity (Wildman–Crippen MR) is 98.3 cm³/mol. The second kappa shape index (κ2) is 7.14. The number of likely N-dealkylation sites (tertiary alicyclic amines) is 1. The van der Waals surface area contributed by atoms with E-state index in [-0.39, 0.29) is 5.91 Å². The van der Waals surface area contributed by atoms with Crippen LogP contribution in [0.5, 0.6) is 0 Å². The fourth-order valence-corrected chi connectivity index (χ4v) is 3.87. The smallest absolute Gasteiger partial charge is 0.255 e. The first-order valence-corrected chi connectivity index (χ1v) is 9.13. The molecule has 1 atom stereocenters. The first kappa shape index (κ1) is 16.0. The molecule has 0 saturated carbocycles. The molecule has 1 unspecified atom stereocenters. The highest BCUT2D eigenvalue weighted by Crippen LogP contribution is 2.27. The molecule has 1 fully saturated rings. The zero-order valence-electron chi connectivity index (χ0n) is 13.8. The summed E-state index contributed by atoms with van der Waals surface area (Å²) in [5.74, 6) is 0.761. The van der Waals surface area contributed by atoms with Crippen molar-refractivity contribution in [3.63, 3.8) is 0 Å². The van der Waals surface area contributed by atoms with Gasteiger partial charge in [0.1, 0.15) is 0 Å². The Morgan fingerprint density at radius 2 is 2.17 bits per heavy atom. The summed E-state index contributed by atoms with van der Waals surface area (Å²) in [7, 11) is 0. The van der Waals surface area contributed by atoms with E-state index >= 15 is 0 Å². The average molecular weight is 325 g/mol. The van der Waals surface area contributed by atoms with E-state index < -0.39 is 0 Å². The van der Waals surface area contributed by atoms with Gasteiger partial charge in [-0.05, 0) is 48.8 Å². The second-order valence-corrected chi connectivity index (χ2v) is 7.40. The summed E-state index contributed by atoms with van der Waals surface area (Å²) >= 11 is 1.63. The molecule has 0 bridgehead atoms. The quantitative estimate of drug-likeness (QED) is 0.738. The minimum atomic E-state index is 0.167. The number of nitrogens with zero attached hydrogens (tertiary/aromatic N) is 1. The maximum Gasteiger partial charge on any atom is 0.255 e. The molecule has 1 amide bonds. The van der Waals surface area contributed by atoms with Gasteiger partial charge in [0.15, 0.2) is 0 Å². The van der Waals surface area contributed by atoms with Gasteiger partial charge >= 0.3 is 0 Å². The lowest BCUT2D eigenvalue weighted by molar-refractivity contribution is -0.126. The maximum absolute atomic E-state index is 13.1. The van der Waals surface area contributed by atoms with E-state index in [2.05, 4.69) is 32.0 Å². The Hall–Kier alpha value is -1.87.